The minimum atomic E-state index is 0.143. The van der Waals surface area contributed by atoms with Crippen LogP contribution >= 0.6 is 15.9 Å². The average Bonchev–Trinajstić information content (AvgIpc) is 2.29. The van der Waals surface area contributed by atoms with Gasteiger partial charge in [0.05, 0.1) is 0 Å². The molecule has 1 aromatic carbocycles. The lowest BCUT2D eigenvalue weighted by atomic mass is 9.98. The summed E-state index contributed by atoms with van der Waals surface area (Å²) >= 11 is 3.54. The van der Waals surface area contributed by atoms with E-state index >= 15 is 0 Å². The first-order valence-corrected chi connectivity index (χ1v) is 6.26. The summed E-state index contributed by atoms with van der Waals surface area (Å²) < 4.78 is 1.12. The molecule has 1 unspecified atom stereocenters. The van der Waals surface area contributed by atoms with Crippen LogP contribution in [0, 0.1) is 6.92 Å². The highest BCUT2D eigenvalue weighted by molar-refractivity contribution is 9.10. The highest BCUT2D eigenvalue weighted by Gasteiger charge is 2.11. The van der Waals surface area contributed by atoms with Gasteiger partial charge in [0.2, 0.25) is 0 Å². The number of halogens is 1. The first-order valence-electron chi connectivity index (χ1n) is 5.47. The molecule has 0 aromatic heterocycles. The molecule has 2 nitrogen and oxygen atoms in total. The maximum Gasteiger partial charge on any atom is 0.0497 e. The van der Waals surface area contributed by atoms with E-state index in [1.165, 1.54) is 16.7 Å². The maximum atomic E-state index is 5.59. The molecule has 0 aliphatic heterocycles. The maximum absolute atomic E-state index is 5.59. The first-order chi connectivity index (χ1) is 7.58. The van der Waals surface area contributed by atoms with Crippen molar-refractivity contribution in [2.75, 3.05) is 0 Å². The SMILES string of the molecule is C=C(CC)CC(NN)c1ccc(C)c(Br)c1. The zero-order valence-corrected chi connectivity index (χ0v) is 11.5. The van der Waals surface area contributed by atoms with Crippen LogP contribution in [0.5, 0.6) is 0 Å². The third-order valence-corrected chi connectivity index (χ3v) is 3.65. The van der Waals surface area contributed by atoms with Crippen LogP contribution in [0.3, 0.4) is 0 Å². The monoisotopic (exact) mass is 282 g/mol. The van der Waals surface area contributed by atoms with Crippen molar-refractivity contribution >= 4 is 15.9 Å². The van der Waals surface area contributed by atoms with Crippen molar-refractivity contribution in [3.63, 3.8) is 0 Å². The van der Waals surface area contributed by atoms with Crippen molar-refractivity contribution < 1.29 is 0 Å². The van der Waals surface area contributed by atoms with Crippen molar-refractivity contribution in [1.29, 1.82) is 0 Å². The largest absolute Gasteiger partial charge is 0.271 e. The molecule has 1 aromatic rings. The van der Waals surface area contributed by atoms with E-state index in [9.17, 15) is 0 Å². The summed E-state index contributed by atoms with van der Waals surface area (Å²) in [4.78, 5) is 0. The van der Waals surface area contributed by atoms with Gasteiger partial charge < -0.3 is 0 Å². The molecule has 0 spiro atoms. The van der Waals surface area contributed by atoms with Gasteiger partial charge in [0.15, 0.2) is 0 Å². The Morgan fingerprint density at radius 1 is 1.56 bits per heavy atom. The van der Waals surface area contributed by atoms with Gasteiger partial charge in [-0.1, -0.05) is 47.1 Å². The Morgan fingerprint density at radius 3 is 2.75 bits per heavy atom. The minimum Gasteiger partial charge on any atom is -0.271 e. The predicted octanol–water partition coefficient (Wildman–Crippen LogP) is 3.62. The predicted molar refractivity (Wildman–Crippen MR) is 73.0 cm³/mol. The molecule has 88 valence electrons. The van der Waals surface area contributed by atoms with Gasteiger partial charge in [0.1, 0.15) is 0 Å². The van der Waals surface area contributed by atoms with E-state index in [1.54, 1.807) is 0 Å². The average molecular weight is 283 g/mol. The number of hydrazine groups is 1. The standard InChI is InChI=1S/C13H19BrN2/c1-4-9(2)7-13(16-15)11-6-5-10(3)12(14)8-11/h5-6,8,13,16H,2,4,7,15H2,1,3H3. The van der Waals surface area contributed by atoms with Crippen molar-refractivity contribution in [2.45, 2.75) is 32.7 Å². The lowest BCUT2D eigenvalue weighted by Crippen LogP contribution is -2.28. The van der Waals surface area contributed by atoms with Gasteiger partial charge in [-0.05, 0) is 37.0 Å². The van der Waals surface area contributed by atoms with Crippen LogP contribution in [-0.2, 0) is 0 Å². The second kappa shape index (κ2) is 6.18. The lowest BCUT2D eigenvalue weighted by molar-refractivity contribution is 0.544. The molecule has 0 aliphatic rings. The summed E-state index contributed by atoms with van der Waals surface area (Å²) in [6.45, 7) is 8.20. The Morgan fingerprint density at radius 2 is 2.25 bits per heavy atom. The van der Waals surface area contributed by atoms with Crippen LogP contribution in [-0.4, -0.2) is 0 Å². The summed E-state index contributed by atoms with van der Waals surface area (Å²) in [5.41, 5.74) is 6.48. The van der Waals surface area contributed by atoms with Gasteiger partial charge >= 0.3 is 0 Å². The van der Waals surface area contributed by atoms with Gasteiger partial charge in [-0.25, -0.2) is 0 Å². The topological polar surface area (TPSA) is 38.0 Å². The van der Waals surface area contributed by atoms with E-state index < -0.39 is 0 Å². The molecule has 0 fully saturated rings. The third kappa shape index (κ3) is 3.44. The Bertz CT molecular complexity index is 374. The molecule has 0 bridgehead atoms. The number of nitrogens with one attached hydrogen (secondary N) is 1. The number of hydrogen-bond acceptors (Lipinski definition) is 2. The summed E-state index contributed by atoms with van der Waals surface area (Å²) in [6, 6.07) is 6.46. The summed E-state index contributed by atoms with van der Waals surface area (Å²) in [6.07, 6.45) is 1.87. The van der Waals surface area contributed by atoms with Crippen LogP contribution in [0.2, 0.25) is 0 Å². The third-order valence-electron chi connectivity index (χ3n) is 2.79. The Hall–Kier alpha value is -0.640. The smallest absolute Gasteiger partial charge is 0.0497 e. The van der Waals surface area contributed by atoms with Crippen molar-refractivity contribution in [1.82, 2.24) is 5.43 Å². The first kappa shape index (κ1) is 13.4. The fraction of sp³-hybridized carbons (Fsp3) is 0.385. The number of aryl methyl sites for hydroxylation is 1. The zero-order chi connectivity index (χ0) is 12.1. The second-order valence-electron chi connectivity index (χ2n) is 4.04. The molecule has 0 saturated heterocycles. The second-order valence-corrected chi connectivity index (χ2v) is 4.89. The molecule has 1 rings (SSSR count). The molecular weight excluding hydrogens is 264 g/mol. The molecule has 0 heterocycles. The molecule has 1 atom stereocenters. The number of nitrogens with two attached hydrogens (primary N) is 1. The van der Waals surface area contributed by atoms with Gasteiger partial charge in [0, 0.05) is 10.5 Å². The van der Waals surface area contributed by atoms with E-state index in [1.807, 2.05) is 0 Å². The van der Waals surface area contributed by atoms with Crippen LogP contribution in [0.1, 0.15) is 36.9 Å². The zero-order valence-electron chi connectivity index (χ0n) is 9.89. The lowest BCUT2D eigenvalue weighted by Gasteiger charge is -2.18. The van der Waals surface area contributed by atoms with Crippen LogP contribution in [0.25, 0.3) is 0 Å². The van der Waals surface area contributed by atoms with E-state index in [-0.39, 0.29) is 6.04 Å². The Balaban J connectivity index is 2.86. The van der Waals surface area contributed by atoms with Gasteiger partial charge in [-0.2, -0.15) is 0 Å². The molecular formula is C13H19BrN2. The van der Waals surface area contributed by atoms with Crippen LogP contribution in [0.15, 0.2) is 34.8 Å². The highest BCUT2D eigenvalue weighted by atomic mass is 79.9. The van der Waals surface area contributed by atoms with Crippen LogP contribution < -0.4 is 11.3 Å². The highest BCUT2D eigenvalue weighted by Crippen LogP contribution is 2.25. The molecule has 3 heteroatoms. The summed E-state index contributed by atoms with van der Waals surface area (Å²) in [5.74, 6) is 5.59. The van der Waals surface area contributed by atoms with Gasteiger partial charge in [0.25, 0.3) is 0 Å². The molecule has 16 heavy (non-hydrogen) atoms. The normalized spacial score (nSPS) is 12.5. The Labute approximate surface area is 106 Å². The quantitative estimate of drug-likeness (QED) is 0.492. The fourth-order valence-corrected chi connectivity index (χ4v) is 1.93. The minimum absolute atomic E-state index is 0.143. The number of rotatable bonds is 5. The number of hydrogen-bond donors (Lipinski definition) is 2. The fourth-order valence-electron chi connectivity index (χ4n) is 1.53. The van der Waals surface area contributed by atoms with Crippen LogP contribution in [0.4, 0.5) is 0 Å². The van der Waals surface area contributed by atoms with E-state index in [0.717, 1.165) is 17.3 Å². The molecule has 0 saturated carbocycles. The molecule has 0 aliphatic carbocycles. The van der Waals surface area contributed by atoms with Crippen molar-refractivity contribution in [3.8, 4) is 0 Å². The van der Waals surface area contributed by atoms with E-state index in [2.05, 4.69) is 60.0 Å². The van der Waals surface area contributed by atoms with Crippen molar-refractivity contribution in [2.24, 2.45) is 5.84 Å². The molecule has 3 N–H and O–H groups in total. The van der Waals surface area contributed by atoms with E-state index in [0.29, 0.717) is 0 Å². The molecule has 0 radical (unpaired) electrons. The van der Waals surface area contributed by atoms with E-state index in [4.69, 9.17) is 5.84 Å². The summed E-state index contributed by atoms with van der Waals surface area (Å²) in [5, 5.41) is 0. The van der Waals surface area contributed by atoms with Gasteiger partial charge in [-0.15, -0.1) is 0 Å². The van der Waals surface area contributed by atoms with Gasteiger partial charge in [-0.3, -0.25) is 11.3 Å². The summed E-state index contributed by atoms with van der Waals surface area (Å²) in [7, 11) is 0. The number of benzene rings is 1. The van der Waals surface area contributed by atoms with Crippen molar-refractivity contribution in [3.05, 3.63) is 46.0 Å². The Kier molecular flexibility index (Phi) is 5.19. The molecule has 0 amide bonds.